The van der Waals surface area contributed by atoms with Crippen LogP contribution in [0.5, 0.6) is 0 Å². The van der Waals surface area contributed by atoms with Gasteiger partial charge in [-0.1, -0.05) is 6.08 Å². The highest BCUT2D eigenvalue weighted by Gasteiger charge is 2.22. The number of nitrogens with two attached hydrogens (primary N) is 3. The zero-order valence-corrected chi connectivity index (χ0v) is 7.66. The number of ketones is 1. The van der Waals surface area contributed by atoms with Gasteiger partial charge in [-0.25, -0.2) is 0 Å². The molecule has 0 fully saturated rings. The fraction of sp³-hybridized carbons (Fsp3) is 0.444. The highest BCUT2D eigenvalue weighted by molar-refractivity contribution is 5.81. The molecule has 0 saturated heterocycles. The number of rotatable bonds is 2. The topological polar surface area (TPSA) is 95.1 Å². The minimum absolute atomic E-state index is 0.0556. The van der Waals surface area contributed by atoms with E-state index in [1.807, 2.05) is 0 Å². The summed E-state index contributed by atoms with van der Waals surface area (Å²) in [7, 11) is 0. The molecule has 6 N–H and O–H groups in total. The van der Waals surface area contributed by atoms with Crippen LogP contribution in [-0.4, -0.2) is 11.9 Å². The molecule has 0 heterocycles. The van der Waals surface area contributed by atoms with E-state index >= 15 is 0 Å². The van der Waals surface area contributed by atoms with E-state index in [1.165, 1.54) is 6.92 Å². The lowest BCUT2D eigenvalue weighted by Crippen LogP contribution is -2.36. The Kier molecular flexibility index (Phi) is 2.85. The molecule has 0 aromatic heterocycles. The number of carbonyl (C=O) groups is 1. The van der Waals surface area contributed by atoms with Gasteiger partial charge in [0.1, 0.15) is 5.78 Å². The van der Waals surface area contributed by atoms with Crippen LogP contribution >= 0.6 is 0 Å². The summed E-state index contributed by atoms with van der Waals surface area (Å²) in [5.41, 5.74) is 18.1. The number of hydrogen-bond acceptors (Lipinski definition) is 4. The zero-order valence-electron chi connectivity index (χ0n) is 7.66. The Bertz CT molecular complexity index is 279. The van der Waals surface area contributed by atoms with E-state index < -0.39 is 6.17 Å². The van der Waals surface area contributed by atoms with Crippen LogP contribution in [-0.2, 0) is 4.79 Å². The number of allylic oxidation sites excluding steroid dienone is 3. The molecule has 0 radical (unpaired) electrons. The van der Waals surface area contributed by atoms with Gasteiger partial charge < -0.3 is 17.2 Å². The van der Waals surface area contributed by atoms with Crippen LogP contribution in [0.25, 0.3) is 0 Å². The fourth-order valence-corrected chi connectivity index (χ4v) is 1.37. The van der Waals surface area contributed by atoms with Gasteiger partial charge in [-0.3, -0.25) is 4.79 Å². The van der Waals surface area contributed by atoms with E-state index in [1.54, 1.807) is 12.2 Å². The van der Waals surface area contributed by atoms with Crippen molar-refractivity contribution >= 4 is 5.78 Å². The average Bonchev–Trinajstić information content (AvgIpc) is 2.04. The molecule has 1 aliphatic rings. The van der Waals surface area contributed by atoms with Crippen LogP contribution in [0.15, 0.2) is 23.4 Å². The van der Waals surface area contributed by atoms with Crippen molar-refractivity contribution < 1.29 is 4.79 Å². The van der Waals surface area contributed by atoms with Crippen molar-refractivity contribution in [1.29, 1.82) is 0 Å². The first-order valence-corrected chi connectivity index (χ1v) is 4.20. The first kappa shape index (κ1) is 9.95. The second kappa shape index (κ2) is 3.72. The Morgan fingerprint density at radius 3 is 2.62 bits per heavy atom. The van der Waals surface area contributed by atoms with Crippen molar-refractivity contribution in [2.75, 3.05) is 0 Å². The van der Waals surface area contributed by atoms with E-state index in [0.717, 1.165) is 5.57 Å². The van der Waals surface area contributed by atoms with Crippen molar-refractivity contribution in [3.05, 3.63) is 23.4 Å². The number of hydrogen-bond donors (Lipinski definition) is 3. The van der Waals surface area contributed by atoms with Crippen LogP contribution in [0, 0.1) is 5.92 Å². The zero-order chi connectivity index (χ0) is 10.0. The molecule has 1 rings (SSSR count). The summed E-state index contributed by atoms with van der Waals surface area (Å²) in [6, 6.07) is 0. The minimum Gasteiger partial charge on any atom is -0.401 e. The molecule has 0 saturated carbocycles. The van der Waals surface area contributed by atoms with Crippen molar-refractivity contribution in [3.8, 4) is 0 Å². The van der Waals surface area contributed by atoms with Gasteiger partial charge in [0.2, 0.25) is 0 Å². The van der Waals surface area contributed by atoms with Crippen molar-refractivity contribution in [1.82, 2.24) is 0 Å². The summed E-state index contributed by atoms with van der Waals surface area (Å²) < 4.78 is 0. The van der Waals surface area contributed by atoms with Crippen molar-refractivity contribution in [2.45, 2.75) is 19.5 Å². The van der Waals surface area contributed by atoms with Crippen LogP contribution < -0.4 is 17.2 Å². The highest BCUT2D eigenvalue weighted by Crippen LogP contribution is 2.23. The van der Waals surface area contributed by atoms with E-state index in [0.29, 0.717) is 12.1 Å². The van der Waals surface area contributed by atoms with Crippen LogP contribution in [0.2, 0.25) is 0 Å². The SMILES string of the molecule is CC(=O)C1CC(C(N)N)=CC=C1N. The Hall–Kier alpha value is -1.13. The van der Waals surface area contributed by atoms with Crippen LogP contribution in [0.1, 0.15) is 13.3 Å². The molecule has 72 valence electrons. The first-order valence-electron chi connectivity index (χ1n) is 4.20. The normalized spacial score (nSPS) is 22.6. The molecule has 0 aromatic carbocycles. The molecule has 1 aliphatic carbocycles. The second-order valence-corrected chi connectivity index (χ2v) is 3.30. The lowest BCUT2D eigenvalue weighted by Gasteiger charge is -2.22. The van der Waals surface area contributed by atoms with Crippen LogP contribution in [0.4, 0.5) is 0 Å². The smallest absolute Gasteiger partial charge is 0.139 e. The van der Waals surface area contributed by atoms with Gasteiger partial charge in [-0.05, 0) is 25.0 Å². The van der Waals surface area contributed by atoms with E-state index in [9.17, 15) is 4.79 Å². The second-order valence-electron chi connectivity index (χ2n) is 3.30. The standard InChI is InChI=1S/C9H15N3O/c1-5(13)7-4-6(9(11)12)2-3-8(7)10/h2-3,7,9H,4,10-12H2,1H3. The minimum atomic E-state index is -0.494. The molecule has 4 heteroatoms. The third kappa shape index (κ3) is 2.17. The largest absolute Gasteiger partial charge is 0.401 e. The Morgan fingerprint density at radius 1 is 1.54 bits per heavy atom. The van der Waals surface area contributed by atoms with E-state index in [2.05, 4.69) is 0 Å². The lowest BCUT2D eigenvalue weighted by atomic mass is 9.88. The molecule has 13 heavy (non-hydrogen) atoms. The summed E-state index contributed by atoms with van der Waals surface area (Å²) in [6.45, 7) is 1.52. The van der Waals surface area contributed by atoms with Gasteiger partial charge in [0.05, 0.1) is 12.1 Å². The third-order valence-electron chi connectivity index (χ3n) is 2.25. The molecule has 0 aromatic rings. The van der Waals surface area contributed by atoms with Crippen molar-refractivity contribution in [3.63, 3.8) is 0 Å². The average molecular weight is 181 g/mol. The van der Waals surface area contributed by atoms with Gasteiger partial charge in [-0.2, -0.15) is 0 Å². The first-order chi connectivity index (χ1) is 6.02. The quantitative estimate of drug-likeness (QED) is 0.505. The Balaban J connectivity index is 2.83. The lowest BCUT2D eigenvalue weighted by molar-refractivity contribution is -0.119. The monoisotopic (exact) mass is 181 g/mol. The molecule has 1 unspecified atom stereocenters. The van der Waals surface area contributed by atoms with Gasteiger partial charge in [0.25, 0.3) is 0 Å². The third-order valence-corrected chi connectivity index (χ3v) is 2.25. The summed E-state index contributed by atoms with van der Waals surface area (Å²) in [4.78, 5) is 11.1. The van der Waals surface area contributed by atoms with Gasteiger partial charge in [-0.15, -0.1) is 0 Å². The maximum absolute atomic E-state index is 11.1. The summed E-state index contributed by atoms with van der Waals surface area (Å²) in [5.74, 6) is -0.186. The maximum Gasteiger partial charge on any atom is 0.139 e. The molecule has 0 amide bonds. The molecule has 1 atom stereocenters. The Morgan fingerprint density at radius 2 is 2.15 bits per heavy atom. The van der Waals surface area contributed by atoms with Gasteiger partial charge in [0, 0.05) is 5.70 Å². The summed E-state index contributed by atoms with van der Waals surface area (Å²) in [5, 5.41) is 0. The van der Waals surface area contributed by atoms with E-state index in [4.69, 9.17) is 17.2 Å². The van der Waals surface area contributed by atoms with Crippen molar-refractivity contribution in [2.24, 2.45) is 23.1 Å². The maximum atomic E-state index is 11.1. The van der Waals surface area contributed by atoms with Gasteiger partial charge >= 0.3 is 0 Å². The highest BCUT2D eigenvalue weighted by atomic mass is 16.1. The van der Waals surface area contributed by atoms with E-state index in [-0.39, 0.29) is 11.7 Å². The van der Waals surface area contributed by atoms with Crippen LogP contribution in [0.3, 0.4) is 0 Å². The van der Waals surface area contributed by atoms with Gasteiger partial charge in [0.15, 0.2) is 0 Å². The molecule has 4 nitrogen and oxygen atoms in total. The molecule has 0 bridgehead atoms. The summed E-state index contributed by atoms with van der Waals surface area (Å²) in [6.07, 6.45) is 3.55. The predicted octanol–water partition coefficient (Wildman–Crippen LogP) is -0.392. The Labute approximate surface area is 77.5 Å². The summed E-state index contributed by atoms with van der Waals surface area (Å²) >= 11 is 0. The predicted molar refractivity (Wildman–Crippen MR) is 51.3 cm³/mol. The molecular formula is C9H15N3O. The fourth-order valence-electron chi connectivity index (χ4n) is 1.37. The molecular weight excluding hydrogens is 166 g/mol. The molecule has 0 aliphatic heterocycles. The molecule has 0 spiro atoms. The number of carbonyl (C=O) groups excluding carboxylic acids is 1. The number of Topliss-reactive ketones (excluding diaryl/α,β-unsaturated/α-hetero) is 1.